The normalized spacial score (nSPS) is 22.4. The van der Waals surface area contributed by atoms with Crippen LogP contribution in [0.3, 0.4) is 0 Å². The molecule has 1 heterocycles. The summed E-state index contributed by atoms with van der Waals surface area (Å²) >= 11 is 0. The Morgan fingerprint density at radius 1 is 1.24 bits per heavy atom. The largest absolute Gasteiger partial charge is 0.343 e. The average Bonchev–Trinajstić information content (AvgIpc) is 2.44. The molecule has 0 aliphatic carbocycles. The third-order valence-corrected chi connectivity index (χ3v) is 3.59. The van der Waals surface area contributed by atoms with Crippen molar-refractivity contribution in [3.05, 3.63) is 35.4 Å². The zero-order chi connectivity index (χ0) is 15.6. The molecule has 4 nitrogen and oxygen atoms in total. The molecule has 0 spiro atoms. The summed E-state index contributed by atoms with van der Waals surface area (Å²) in [6.45, 7) is 3.63. The van der Waals surface area contributed by atoms with Crippen LogP contribution in [-0.2, 0) is 16.1 Å². The number of hydrogen-bond acceptors (Lipinski definition) is 2. The maximum absolute atomic E-state index is 13.3. The molecule has 1 fully saturated rings. The molecule has 6 heteroatoms. The maximum atomic E-state index is 13.3. The van der Waals surface area contributed by atoms with E-state index in [0.717, 1.165) is 18.6 Å². The van der Waals surface area contributed by atoms with Crippen LogP contribution < -0.4 is 5.32 Å². The maximum Gasteiger partial charge on any atom is 0.245 e. The molecular formula is C15H18F2N2O2. The standard InChI is InChI=1S/C15H18F2N2O2/c1-3-4-13-14(20)18-9(2)15(21)19(13)8-10-5-6-11(16)12(17)7-10/h5-7,9,13H,3-4,8H2,1-2H3,(H,18,20). The number of nitrogens with zero attached hydrogens (tertiary/aromatic N) is 1. The van der Waals surface area contributed by atoms with Crippen LogP contribution in [0.4, 0.5) is 8.78 Å². The van der Waals surface area contributed by atoms with E-state index in [4.69, 9.17) is 0 Å². The van der Waals surface area contributed by atoms with Gasteiger partial charge >= 0.3 is 0 Å². The van der Waals surface area contributed by atoms with Crippen LogP contribution in [0.15, 0.2) is 18.2 Å². The van der Waals surface area contributed by atoms with Gasteiger partial charge in [-0.25, -0.2) is 8.78 Å². The highest BCUT2D eigenvalue weighted by atomic mass is 19.2. The van der Waals surface area contributed by atoms with Gasteiger partial charge in [0, 0.05) is 6.54 Å². The SMILES string of the molecule is CCCC1C(=O)NC(C)C(=O)N1Cc1ccc(F)c(F)c1. The Balaban J connectivity index is 2.25. The van der Waals surface area contributed by atoms with Crippen LogP contribution in [0, 0.1) is 11.6 Å². The quantitative estimate of drug-likeness (QED) is 0.923. The van der Waals surface area contributed by atoms with Crippen molar-refractivity contribution in [1.29, 1.82) is 0 Å². The Morgan fingerprint density at radius 3 is 2.57 bits per heavy atom. The zero-order valence-electron chi connectivity index (χ0n) is 12.0. The molecule has 1 aromatic rings. The van der Waals surface area contributed by atoms with Crippen molar-refractivity contribution in [2.24, 2.45) is 0 Å². The Bertz CT molecular complexity index is 563. The third kappa shape index (κ3) is 3.20. The fraction of sp³-hybridized carbons (Fsp3) is 0.467. The number of halogens is 2. The molecule has 0 saturated carbocycles. The molecule has 1 aliphatic heterocycles. The van der Waals surface area contributed by atoms with Gasteiger partial charge in [-0.1, -0.05) is 19.4 Å². The third-order valence-electron chi connectivity index (χ3n) is 3.59. The molecule has 0 bridgehead atoms. The Kier molecular flexibility index (Phi) is 4.55. The van der Waals surface area contributed by atoms with E-state index in [-0.39, 0.29) is 18.4 Å². The number of carbonyl (C=O) groups is 2. The molecule has 1 aromatic carbocycles. The molecule has 21 heavy (non-hydrogen) atoms. The molecule has 0 radical (unpaired) electrons. The van der Waals surface area contributed by atoms with Crippen molar-refractivity contribution >= 4 is 11.8 Å². The van der Waals surface area contributed by atoms with Crippen molar-refractivity contribution in [2.45, 2.75) is 45.3 Å². The summed E-state index contributed by atoms with van der Waals surface area (Å²) in [5.41, 5.74) is 0.463. The van der Waals surface area contributed by atoms with Gasteiger partial charge in [-0.15, -0.1) is 0 Å². The minimum Gasteiger partial charge on any atom is -0.343 e. The lowest BCUT2D eigenvalue weighted by molar-refractivity contribution is -0.149. The molecule has 1 saturated heterocycles. The van der Waals surface area contributed by atoms with Crippen LogP contribution in [0.2, 0.25) is 0 Å². The van der Waals surface area contributed by atoms with E-state index in [9.17, 15) is 18.4 Å². The Hall–Kier alpha value is -1.98. The first-order chi connectivity index (χ1) is 9.93. The highest BCUT2D eigenvalue weighted by molar-refractivity contribution is 5.96. The van der Waals surface area contributed by atoms with Gasteiger partial charge in [0.05, 0.1) is 0 Å². The molecule has 2 amide bonds. The lowest BCUT2D eigenvalue weighted by atomic mass is 10.0. The predicted molar refractivity (Wildman–Crippen MR) is 73.2 cm³/mol. The molecule has 2 rings (SSSR count). The molecule has 114 valence electrons. The van der Waals surface area contributed by atoms with Crippen molar-refractivity contribution in [1.82, 2.24) is 10.2 Å². The molecule has 1 N–H and O–H groups in total. The number of hydrogen-bond donors (Lipinski definition) is 1. The van der Waals surface area contributed by atoms with Crippen molar-refractivity contribution < 1.29 is 18.4 Å². The highest BCUT2D eigenvalue weighted by Gasteiger charge is 2.37. The Labute approximate surface area is 122 Å². The van der Waals surface area contributed by atoms with Crippen molar-refractivity contribution in [2.75, 3.05) is 0 Å². The minimum atomic E-state index is -0.957. The number of piperazine rings is 1. The first-order valence-corrected chi connectivity index (χ1v) is 6.98. The van der Waals surface area contributed by atoms with E-state index < -0.39 is 23.7 Å². The second-order valence-electron chi connectivity index (χ2n) is 5.25. The summed E-state index contributed by atoms with van der Waals surface area (Å²) in [6.07, 6.45) is 1.28. The van der Waals surface area contributed by atoms with Crippen LogP contribution in [0.1, 0.15) is 32.3 Å². The second kappa shape index (κ2) is 6.20. The number of rotatable bonds is 4. The zero-order valence-corrected chi connectivity index (χ0v) is 12.0. The summed E-state index contributed by atoms with van der Waals surface area (Å²) < 4.78 is 26.2. The smallest absolute Gasteiger partial charge is 0.245 e. The summed E-state index contributed by atoms with van der Waals surface area (Å²) in [7, 11) is 0. The molecule has 0 aromatic heterocycles. The van der Waals surface area contributed by atoms with Gasteiger partial charge < -0.3 is 10.2 Å². The van der Waals surface area contributed by atoms with Gasteiger partial charge in [0.2, 0.25) is 11.8 Å². The van der Waals surface area contributed by atoms with E-state index in [1.54, 1.807) is 6.92 Å². The van der Waals surface area contributed by atoms with Gasteiger partial charge in [-0.2, -0.15) is 0 Å². The topological polar surface area (TPSA) is 49.4 Å². The van der Waals surface area contributed by atoms with E-state index in [0.29, 0.717) is 12.0 Å². The van der Waals surface area contributed by atoms with Gasteiger partial charge in [0.25, 0.3) is 0 Å². The second-order valence-corrected chi connectivity index (χ2v) is 5.25. The highest BCUT2D eigenvalue weighted by Crippen LogP contribution is 2.19. The van der Waals surface area contributed by atoms with Gasteiger partial charge in [-0.05, 0) is 31.0 Å². The van der Waals surface area contributed by atoms with Gasteiger partial charge in [0.15, 0.2) is 11.6 Å². The van der Waals surface area contributed by atoms with Crippen molar-refractivity contribution in [3.63, 3.8) is 0 Å². The lowest BCUT2D eigenvalue weighted by Crippen LogP contribution is -2.61. The average molecular weight is 296 g/mol. The first kappa shape index (κ1) is 15.4. The Morgan fingerprint density at radius 2 is 1.95 bits per heavy atom. The van der Waals surface area contributed by atoms with Crippen molar-refractivity contribution in [3.8, 4) is 0 Å². The summed E-state index contributed by atoms with van der Waals surface area (Å²) in [4.78, 5) is 25.7. The summed E-state index contributed by atoms with van der Waals surface area (Å²) in [5.74, 6) is -2.30. The van der Waals surface area contributed by atoms with Gasteiger partial charge in [0.1, 0.15) is 12.1 Å². The monoisotopic (exact) mass is 296 g/mol. The number of benzene rings is 1. The molecular weight excluding hydrogens is 278 g/mol. The van der Waals surface area contributed by atoms with Crippen LogP contribution in [-0.4, -0.2) is 28.8 Å². The molecule has 2 unspecified atom stereocenters. The van der Waals surface area contributed by atoms with Gasteiger partial charge in [-0.3, -0.25) is 9.59 Å². The minimum absolute atomic E-state index is 0.0957. The summed E-state index contributed by atoms with van der Waals surface area (Å²) in [6, 6.07) is 2.34. The van der Waals surface area contributed by atoms with E-state index in [1.165, 1.54) is 11.0 Å². The molecule has 1 aliphatic rings. The van der Waals surface area contributed by atoms with E-state index >= 15 is 0 Å². The fourth-order valence-electron chi connectivity index (χ4n) is 2.50. The van der Waals surface area contributed by atoms with Crippen LogP contribution in [0.25, 0.3) is 0 Å². The van der Waals surface area contributed by atoms with Crippen LogP contribution >= 0.6 is 0 Å². The number of carbonyl (C=O) groups excluding carboxylic acids is 2. The predicted octanol–water partition coefficient (Wildman–Crippen LogP) is 1.98. The first-order valence-electron chi connectivity index (χ1n) is 6.98. The van der Waals surface area contributed by atoms with E-state index in [2.05, 4.69) is 5.32 Å². The number of nitrogens with one attached hydrogen (secondary N) is 1. The van der Waals surface area contributed by atoms with E-state index in [1.807, 2.05) is 6.92 Å². The fourth-order valence-corrected chi connectivity index (χ4v) is 2.50. The summed E-state index contributed by atoms with van der Waals surface area (Å²) in [5, 5.41) is 2.64. The number of amides is 2. The molecule has 2 atom stereocenters. The lowest BCUT2D eigenvalue weighted by Gasteiger charge is -2.38. The van der Waals surface area contributed by atoms with Crippen LogP contribution in [0.5, 0.6) is 0 Å².